The monoisotopic (exact) mass is 362 g/mol. The van der Waals surface area contributed by atoms with Crippen molar-refractivity contribution in [1.82, 2.24) is 10.2 Å². The lowest BCUT2D eigenvalue weighted by atomic mass is 10.00. The van der Waals surface area contributed by atoms with Gasteiger partial charge in [0.25, 0.3) is 0 Å². The molecule has 2 amide bonds. The molecule has 0 heterocycles. The summed E-state index contributed by atoms with van der Waals surface area (Å²) in [5, 5.41) is 2.62. The Labute approximate surface area is 155 Å². The van der Waals surface area contributed by atoms with Gasteiger partial charge in [-0.2, -0.15) is 0 Å². The molecule has 0 saturated heterocycles. The van der Waals surface area contributed by atoms with Gasteiger partial charge in [0.1, 0.15) is 5.60 Å². The minimum atomic E-state index is -0.582. The maximum absolute atomic E-state index is 12.6. The van der Waals surface area contributed by atoms with E-state index in [1.807, 2.05) is 26.0 Å². The van der Waals surface area contributed by atoms with Gasteiger partial charge in [0.15, 0.2) is 5.78 Å². The number of benzene rings is 1. The van der Waals surface area contributed by atoms with E-state index < -0.39 is 11.7 Å². The van der Waals surface area contributed by atoms with Crippen LogP contribution >= 0.6 is 0 Å². The van der Waals surface area contributed by atoms with Gasteiger partial charge in [-0.15, -0.1) is 0 Å². The van der Waals surface area contributed by atoms with Crippen molar-refractivity contribution in [1.29, 1.82) is 0 Å². The lowest BCUT2D eigenvalue weighted by Gasteiger charge is -2.23. The first-order valence-electron chi connectivity index (χ1n) is 8.89. The Morgan fingerprint density at radius 2 is 1.81 bits per heavy atom. The maximum Gasteiger partial charge on any atom is 0.407 e. The van der Waals surface area contributed by atoms with Crippen molar-refractivity contribution in [2.24, 2.45) is 0 Å². The normalized spacial score (nSPS) is 11.0. The van der Waals surface area contributed by atoms with Crippen LogP contribution in [0.1, 0.15) is 55.6 Å². The van der Waals surface area contributed by atoms with Gasteiger partial charge in [0, 0.05) is 25.1 Å². The maximum atomic E-state index is 12.6. The summed E-state index contributed by atoms with van der Waals surface area (Å²) in [5.41, 5.74) is 2.00. The molecule has 1 N–H and O–H groups in total. The molecule has 0 radical (unpaired) electrons. The fourth-order valence-electron chi connectivity index (χ4n) is 2.43. The molecular weight excluding hydrogens is 332 g/mol. The van der Waals surface area contributed by atoms with Crippen molar-refractivity contribution < 1.29 is 19.1 Å². The first-order chi connectivity index (χ1) is 12.0. The van der Waals surface area contributed by atoms with Crippen LogP contribution in [0.2, 0.25) is 0 Å². The van der Waals surface area contributed by atoms with Gasteiger partial charge in [0.2, 0.25) is 5.91 Å². The second kappa shape index (κ2) is 9.36. The number of carbonyl (C=O) groups excluding carboxylic acids is 3. The summed E-state index contributed by atoms with van der Waals surface area (Å²) in [4.78, 5) is 38.0. The zero-order valence-electron chi connectivity index (χ0n) is 16.6. The number of alkyl carbamates (subject to hydrolysis) is 1. The third kappa shape index (κ3) is 6.86. The summed E-state index contributed by atoms with van der Waals surface area (Å²) >= 11 is 0. The third-order valence-electron chi connectivity index (χ3n) is 3.94. The van der Waals surface area contributed by atoms with E-state index in [1.54, 1.807) is 33.8 Å². The summed E-state index contributed by atoms with van der Waals surface area (Å²) < 4.78 is 5.17. The highest BCUT2D eigenvalue weighted by Crippen LogP contribution is 2.14. The number of ether oxygens (including phenoxy) is 1. The van der Waals surface area contributed by atoms with Crippen molar-refractivity contribution >= 4 is 17.8 Å². The lowest BCUT2D eigenvalue weighted by Crippen LogP contribution is -2.42. The third-order valence-corrected chi connectivity index (χ3v) is 3.94. The number of hydrogen-bond donors (Lipinski definition) is 1. The molecule has 0 spiro atoms. The zero-order chi connectivity index (χ0) is 19.9. The van der Waals surface area contributed by atoms with E-state index in [1.165, 1.54) is 4.90 Å². The van der Waals surface area contributed by atoms with Crippen molar-refractivity contribution in [2.45, 2.75) is 53.6 Å². The van der Waals surface area contributed by atoms with Gasteiger partial charge in [-0.05, 0) is 45.7 Å². The molecule has 0 bridgehead atoms. The molecule has 1 aromatic carbocycles. The molecule has 6 nitrogen and oxygen atoms in total. The van der Waals surface area contributed by atoms with E-state index in [-0.39, 0.29) is 31.3 Å². The topological polar surface area (TPSA) is 75.7 Å². The Kier molecular flexibility index (Phi) is 7.80. The predicted octanol–water partition coefficient (Wildman–Crippen LogP) is 3.25. The van der Waals surface area contributed by atoms with Crippen molar-refractivity contribution in [3.8, 4) is 0 Å². The second-order valence-corrected chi connectivity index (χ2v) is 7.27. The first kappa shape index (κ1) is 21.7. The number of nitrogens with zero attached hydrogens (tertiary/aromatic N) is 1. The summed E-state index contributed by atoms with van der Waals surface area (Å²) in [5.74, 6) is -0.236. The van der Waals surface area contributed by atoms with Crippen LogP contribution in [-0.4, -0.2) is 47.9 Å². The van der Waals surface area contributed by atoms with Crippen molar-refractivity contribution in [3.05, 3.63) is 34.9 Å². The van der Waals surface area contributed by atoms with Gasteiger partial charge in [-0.25, -0.2) is 4.79 Å². The average Bonchev–Trinajstić information content (AvgIpc) is 2.53. The van der Waals surface area contributed by atoms with Gasteiger partial charge in [-0.3, -0.25) is 9.59 Å². The minimum absolute atomic E-state index is 0.00698. The summed E-state index contributed by atoms with van der Waals surface area (Å²) in [6.07, 6.45) is -0.241. The van der Waals surface area contributed by atoms with Crippen LogP contribution in [0.25, 0.3) is 0 Å². The Bertz CT molecular complexity index is 662. The highest BCUT2D eigenvalue weighted by molar-refractivity contribution is 6.00. The molecule has 0 aliphatic carbocycles. The molecule has 0 aliphatic heterocycles. The molecule has 0 saturated carbocycles. The molecule has 1 rings (SSSR count). The van der Waals surface area contributed by atoms with Crippen LogP contribution in [0.4, 0.5) is 4.79 Å². The number of Topliss-reactive ketones (excluding diaryl/α,β-unsaturated/α-hetero) is 1. The lowest BCUT2D eigenvalue weighted by molar-refractivity contribution is -0.130. The molecular formula is C20H30N2O4. The molecule has 0 aromatic heterocycles. The number of carbonyl (C=O) groups is 3. The number of rotatable bonds is 7. The molecule has 1 aromatic rings. The van der Waals surface area contributed by atoms with Crippen molar-refractivity contribution in [2.75, 3.05) is 19.6 Å². The van der Waals surface area contributed by atoms with Crippen molar-refractivity contribution in [3.63, 3.8) is 0 Å². The molecule has 0 fully saturated rings. The van der Waals surface area contributed by atoms with E-state index in [9.17, 15) is 14.4 Å². The Morgan fingerprint density at radius 3 is 2.38 bits per heavy atom. The first-order valence-corrected chi connectivity index (χ1v) is 8.89. The van der Waals surface area contributed by atoms with E-state index in [2.05, 4.69) is 5.32 Å². The summed E-state index contributed by atoms with van der Waals surface area (Å²) in [6, 6.07) is 5.57. The average molecular weight is 362 g/mol. The van der Waals surface area contributed by atoms with Gasteiger partial charge >= 0.3 is 6.09 Å². The Morgan fingerprint density at radius 1 is 1.15 bits per heavy atom. The molecule has 144 valence electrons. The number of hydrogen-bond acceptors (Lipinski definition) is 4. The fourth-order valence-corrected chi connectivity index (χ4v) is 2.43. The van der Waals surface area contributed by atoms with E-state index >= 15 is 0 Å². The summed E-state index contributed by atoms with van der Waals surface area (Å²) in [7, 11) is 0. The van der Waals surface area contributed by atoms with Gasteiger partial charge in [0.05, 0.1) is 6.54 Å². The van der Waals surface area contributed by atoms with E-state index in [0.29, 0.717) is 12.0 Å². The van der Waals surface area contributed by atoms with E-state index in [0.717, 1.165) is 11.1 Å². The molecule has 0 unspecified atom stereocenters. The molecule has 0 atom stereocenters. The number of amides is 2. The highest BCUT2D eigenvalue weighted by atomic mass is 16.6. The standard InChI is InChI=1S/C20H30N2O4/c1-7-18(24)22(12-11-21-19(25)26-20(4,5)6)13-17(23)16-10-8-9-14(2)15(16)3/h8-10H,7,11-13H2,1-6H3,(H,21,25). The molecule has 0 aliphatic rings. The predicted molar refractivity (Wildman–Crippen MR) is 101 cm³/mol. The van der Waals surface area contributed by atoms with Gasteiger partial charge < -0.3 is 15.0 Å². The number of aryl methyl sites for hydroxylation is 1. The Hall–Kier alpha value is -2.37. The smallest absolute Gasteiger partial charge is 0.407 e. The minimum Gasteiger partial charge on any atom is -0.444 e. The van der Waals surface area contributed by atoms with Gasteiger partial charge in [-0.1, -0.05) is 25.1 Å². The van der Waals surface area contributed by atoms with Crippen LogP contribution in [0.15, 0.2) is 18.2 Å². The van der Waals surface area contributed by atoms with Crippen LogP contribution in [-0.2, 0) is 9.53 Å². The largest absolute Gasteiger partial charge is 0.444 e. The number of nitrogens with one attached hydrogen (secondary N) is 1. The van der Waals surface area contributed by atoms with Crippen LogP contribution in [0.5, 0.6) is 0 Å². The SMILES string of the molecule is CCC(=O)N(CCNC(=O)OC(C)(C)C)CC(=O)c1cccc(C)c1C. The zero-order valence-corrected chi connectivity index (χ0v) is 16.6. The second-order valence-electron chi connectivity index (χ2n) is 7.27. The summed E-state index contributed by atoms with van der Waals surface area (Å²) in [6.45, 7) is 11.4. The molecule has 6 heteroatoms. The highest BCUT2D eigenvalue weighted by Gasteiger charge is 2.20. The van der Waals surface area contributed by atoms with Crippen LogP contribution < -0.4 is 5.32 Å². The van der Waals surface area contributed by atoms with Crippen LogP contribution in [0.3, 0.4) is 0 Å². The van der Waals surface area contributed by atoms with Crippen LogP contribution in [0, 0.1) is 13.8 Å². The molecule has 26 heavy (non-hydrogen) atoms. The number of ketones is 1. The quantitative estimate of drug-likeness (QED) is 0.756. The van der Waals surface area contributed by atoms with E-state index in [4.69, 9.17) is 4.74 Å². The fraction of sp³-hybridized carbons (Fsp3) is 0.550. The Balaban J connectivity index is 2.70.